The molecular weight excluding hydrogens is 350 g/mol. The van der Waals surface area contributed by atoms with Crippen molar-refractivity contribution in [3.05, 3.63) is 0 Å². The highest BCUT2D eigenvalue weighted by molar-refractivity contribution is 5.80. The lowest BCUT2D eigenvalue weighted by atomic mass is 10.1. The van der Waals surface area contributed by atoms with E-state index in [-0.39, 0.29) is 6.42 Å². The second kappa shape index (κ2) is 12.1. The van der Waals surface area contributed by atoms with Crippen LogP contribution in [0.1, 0.15) is 12.8 Å². The van der Waals surface area contributed by atoms with Gasteiger partial charge in [0.15, 0.2) is 12.6 Å². The van der Waals surface area contributed by atoms with E-state index in [9.17, 15) is 19.8 Å². The Labute approximate surface area is 152 Å². The molecule has 0 radical (unpaired) electrons. The predicted octanol–water partition coefficient (Wildman–Crippen LogP) is -2.91. The summed E-state index contributed by atoms with van der Waals surface area (Å²) in [5, 5.41) is 54.5. The van der Waals surface area contributed by atoms with Crippen molar-refractivity contribution >= 4 is 11.9 Å². The molecule has 0 bridgehead atoms. The summed E-state index contributed by atoms with van der Waals surface area (Å²) in [6.45, 7) is 1.73. The number of rotatable bonds is 14. The van der Waals surface area contributed by atoms with Crippen molar-refractivity contribution in [1.82, 2.24) is 14.7 Å². The van der Waals surface area contributed by atoms with Gasteiger partial charge in [-0.25, -0.2) is 0 Å². The van der Waals surface area contributed by atoms with Gasteiger partial charge in [0, 0.05) is 32.6 Å². The molecule has 0 aliphatic heterocycles. The highest BCUT2D eigenvalue weighted by Crippen LogP contribution is 2.08. The smallest absolute Gasteiger partial charge is 0.321 e. The molecule has 0 saturated heterocycles. The summed E-state index contributed by atoms with van der Waals surface area (Å²) >= 11 is 0. The van der Waals surface area contributed by atoms with Gasteiger partial charge in [0.2, 0.25) is 0 Å². The van der Waals surface area contributed by atoms with E-state index >= 15 is 0 Å². The molecule has 0 amide bonds. The maximum Gasteiger partial charge on any atom is 0.321 e. The van der Waals surface area contributed by atoms with Gasteiger partial charge in [-0.2, -0.15) is 0 Å². The number of carboxylic acid groups (broad SMARTS) is 2. The minimum absolute atomic E-state index is 0.212. The average molecular weight is 381 g/mol. The second-order valence-electron chi connectivity index (χ2n) is 6.41. The Morgan fingerprint density at radius 2 is 1.35 bits per heavy atom. The van der Waals surface area contributed by atoms with Crippen LogP contribution in [0.2, 0.25) is 0 Å². The molecule has 0 aromatic carbocycles. The summed E-state index contributed by atoms with van der Waals surface area (Å²) in [7, 11) is 4.96. The number of carbonyl (C=O) groups is 2. The first-order valence-electron chi connectivity index (χ1n) is 8.21. The normalized spacial score (nSPS) is 14.6. The lowest BCUT2D eigenvalue weighted by Gasteiger charge is -2.32. The van der Waals surface area contributed by atoms with Crippen LogP contribution < -0.4 is 0 Å². The van der Waals surface area contributed by atoms with Gasteiger partial charge in [0.25, 0.3) is 0 Å². The lowest BCUT2D eigenvalue weighted by Crippen LogP contribution is -2.47. The second-order valence-corrected chi connectivity index (χ2v) is 6.41. The van der Waals surface area contributed by atoms with Gasteiger partial charge in [-0.15, -0.1) is 0 Å². The lowest BCUT2D eigenvalue weighted by molar-refractivity contribution is -0.149. The molecule has 2 atom stereocenters. The molecule has 6 N–H and O–H groups in total. The highest BCUT2D eigenvalue weighted by atomic mass is 16.5. The third kappa shape index (κ3) is 9.97. The minimum Gasteiger partial charge on any atom is -0.481 e. The maximum absolute atomic E-state index is 11.1. The van der Waals surface area contributed by atoms with E-state index in [1.165, 1.54) is 4.90 Å². The van der Waals surface area contributed by atoms with Crippen LogP contribution in [0, 0.1) is 0 Å². The fourth-order valence-electron chi connectivity index (χ4n) is 2.43. The molecule has 0 aromatic rings. The molecule has 11 nitrogen and oxygen atoms in total. The van der Waals surface area contributed by atoms with Crippen molar-refractivity contribution in [2.45, 2.75) is 37.5 Å². The molecule has 0 fully saturated rings. The van der Waals surface area contributed by atoms with Gasteiger partial charge in [0.05, 0.1) is 12.5 Å². The number of aliphatic hydroxyl groups excluding tert-OH is 2. The fraction of sp³-hybridized carbons (Fsp3) is 0.867. The monoisotopic (exact) mass is 381 g/mol. The zero-order valence-electron chi connectivity index (χ0n) is 15.4. The van der Waals surface area contributed by atoms with Gasteiger partial charge in [-0.1, -0.05) is 0 Å². The van der Waals surface area contributed by atoms with Crippen molar-refractivity contribution in [2.75, 3.05) is 47.3 Å². The number of aliphatic hydroxyl groups is 4. The highest BCUT2D eigenvalue weighted by Gasteiger charge is 2.26. The van der Waals surface area contributed by atoms with Crippen LogP contribution in [-0.4, -0.2) is 129 Å². The van der Waals surface area contributed by atoms with Crippen molar-refractivity contribution in [3.8, 4) is 0 Å². The van der Waals surface area contributed by atoms with Crippen LogP contribution in [0.5, 0.6) is 0 Å². The number of hydrogen-bond donors (Lipinski definition) is 6. The minimum atomic E-state index is -1.72. The Morgan fingerprint density at radius 1 is 0.846 bits per heavy atom. The molecule has 154 valence electrons. The number of nitrogens with zero attached hydrogens (tertiary/aromatic N) is 3. The average Bonchev–Trinajstić information content (AvgIpc) is 2.52. The topological polar surface area (TPSA) is 165 Å². The fourth-order valence-corrected chi connectivity index (χ4v) is 2.43. The van der Waals surface area contributed by atoms with E-state index in [1.807, 2.05) is 4.90 Å². The summed E-state index contributed by atoms with van der Waals surface area (Å²) in [4.78, 5) is 26.8. The summed E-state index contributed by atoms with van der Waals surface area (Å²) in [6, 6.07) is -1.94. The molecular formula is C15H31N3O8. The Kier molecular flexibility index (Phi) is 11.5. The molecule has 0 aliphatic carbocycles. The van der Waals surface area contributed by atoms with Crippen LogP contribution >= 0.6 is 0 Å². The Hall–Kier alpha value is -1.34. The van der Waals surface area contributed by atoms with Crippen LogP contribution in [0.25, 0.3) is 0 Å². The quantitative estimate of drug-likeness (QED) is 0.171. The summed E-state index contributed by atoms with van der Waals surface area (Å²) < 4.78 is 0. The first-order valence-corrected chi connectivity index (χ1v) is 8.21. The first kappa shape index (κ1) is 24.7. The summed E-state index contributed by atoms with van der Waals surface area (Å²) in [5.74, 6) is -2.38. The van der Waals surface area contributed by atoms with E-state index in [4.69, 9.17) is 20.4 Å². The molecule has 0 heterocycles. The zero-order chi connectivity index (χ0) is 20.4. The first-order chi connectivity index (χ1) is 12.0. The van der Waals surface area contributed by atoms with E-state index in [2.05, 4.69) is 0 Å². The van der Waals surface area contributed by atoms with Gasteiger partial charge >= 0.3 is 11.9 Å². The van der Waals surface area contributed by atoms with Gasteiger partial charge in [-0.05, 0) is 21.1 Å². The van der Waals surface area contributed by atoms with Crippen molar-refractivity contribution in [2.24, 2.45) is 0 Å². The predicted molar refractivity (Wildman–Crippen MR) is 91.3 cm³/mol. The molecule has 11 heteroatoms. The largest absolute Gasteiger partial charge is 0.481 e. The van der Waals surface area contributed by atoms with Gasteiger partial charge < -0.3 is 35.5 Å². The van der Waals surface area contributed by atoms with Crippen LogP contribution in [0.15, 0.2) is 0 Å². The van der Waals surface area contributed by atoms with Gasteiger partial charge in [-0.3, -0.25) is 19.4 Å². The summed E-state index contributed by atoms with van der Waals surface area (Å²) in [5.41, 5.74) is 0. The van der Waals surface area contributed by atoms with Crippen LogP contribution in [0.4, 0.5) is 0 Å². The number of aliphatic carboxylic acids is 2. The van der Waals surface area contributed by atoms with E-state index in [1.54, 1.807) is 26.0 Å². The Bertz CT molecular complexity index is 435. The molecule has 0 spiro atoms. The van der Waals surface area contributed by atoms with Crippen molar-refractivity contribution < 1.29 is 40.2 Å². The molecule has 26 heavy (non-hydrogen) atoms. The Morgan fingerprint density at radius 3 is 1.73 bits per heavy atom. The summed E-state index contributed by atoms with van der Waals surface area (Å²) in [6.07, 6.45) is -4.07. The SMILES string of the molecule is CN(CCN(C)C(CC(=O)O)C(=O)O)CCN(C)C(CC(O)O)C(O)O. The van der Waals surface area contributed by atoms with Crippen LogP contribution in [-0.2, 0) is 9.59 Å². The molecule has 0 saturated carbocycles. The standard InChI is InChI=1S/C15H31N3O8/c1-16(4-6-17(2)10(14(23)24)8-12(19)20)5-7-18(3)11(15(25)26)9-13(21)22/h10-12,14,19-20,23-24H,4-9H2,1-3H3,(H,21,22)(H,25,26). The van der Waals surface area contributed by atoms with E-state index in [0.717, 1.165) is 0 Å². The third-order valence-corrected chi connectivity index (χ3v) is 4.22. The number of hydrogen-bond acceptors (Lipinski definition) is 9. The molecule has 0 aliphatic rings. The van der Waals surface area contributed by atoms with Crippen molar-refractivity contribution in [3.63, 3.8) is 0 Å². The molecule has 0 aromatic heterocycles. The maximum atomic E-state index is 11.1. The third-order valence-electron chi connectivity index (χ3n) is 4.22. The van der Waals surface area contributed by atoms with E-state index < -0.39 is 43.0 Å². The molecule has 2 unspecified atom stereocenters. The Balaban J connectivity index is 4.41. The number of carboxylic acids is 2. The zero-order valence-corrected chi connectivity index (χ0v) is 15.4. The number of likely N-dealkylation sites (N-methyl/N-ethyl adjacent to an activating group) is 3. The van der Waals surface area contributed by atoms with Crippen LogP contribution in [0.3, 0.4) is 0 Å². The van der Waals surface area contributed by atoms with Gasteiger partial charge in [0.1, 0.15) is 6.04 Å². The molecule has 0 rings (SSSR count). The van der Waals surface area contributed by atoms with E-state index in [0.29, 0.717) is 26.2 Å². The van der Waals surface area contributed by atoms with Crippen molar-refractivity contribution in [1.29, 1.82) is 0 Å².